The van der Waals surface area contributed by atoms with Gasteiger partial charge in [-0.25, -0.2) is 0 Å². The number of nitrogens with zero attached hydrogens (tertiary/aromatic N) is 2. The lowest BCUT2D eigenvalue weighted by atomic mass is 10.1. The highest BCUT2D eigenvalue weighted by Crippen LogP contribution is 2.32. The minimum atomic E-state index is 0.559. The van der Waals surface area contributed by atoms with Crippen LogP contribution in [0.3, 0.4) is 0 Å². The molecule has 0 amide bonds. The van der Waals surface area contributed by atoms with Crippen LogP contribution in [-0.4, -0.2) is 23.0 Å². The van der Waals surface area contributed by atoms with Crippen LogP contribution in [0.5, 0.6) is 0 Å². The zero-order valence-electron chi connectivity index (χ0n) is 10.6. The standard InChI is InChI=1S/C14H22N2/c1-11(2)10-16-9-5-7-13(16)14-12(3)6-4-8-15-14/h4,6,8,11,13H,5,7,9-10H2,1-3H3/t13-/m1/s1. The Bertz CT molecular complexity index is 346. The topological polar surface area (TPSA) is 16.1 Å². The average Bonchev–Trinajstić information content (AvgIpc) is 2.66. The molecule has 0 bridgehead atoms. The van der Waals surface area contributed by atoms with Crippen molar-refractivity contribution in [3.05, 3.63) is 29.6 Å². The molecule has 1 fully saturated rings. The monoisotopic (exact) mass is 218 g/mol. The zero-order valence-corrected chi connectivity index (χ0v) is 10.6. The third kappa shape index (κ3) is 2.43. The fraction of sp³-hybridized carbons (Fsp3) is 0.643. The molecule has 1 aromatic rings. The third-order valence-electron chi connectivity index (χ3n) is 3.33. The van der Waals surface area contributed by atoms with E-state index in [1.165, 1.54) is 37.2 Å². The molecular formula is C14H22N2. The lowest BCUT2D eigenvalue weighted by Gasteiger charge is -2.26. The number of rotatable bonds is 3. The van der Waals surface area contributed by atoms with Gasteiger partial charge in [-0.1, -0.05) is 19.9 Å². The van der Waals surface area contributed by atoms with Crippen LogP contribution in [0.15, 0.2) is 18.3 Å². The minimum Gasteiger partial charge on any atom is -0.295 e. The second-order valence-corrected chi connectivity index (χ2v) is 5.25. The second-order valence-electron chi connectivity index (χ2n) is 5.25. The van der Waals surface area contributed by atoms with Gasteiger partial charge in [-0.3, -0.25) is 9.88 Å². The molecule has 2 heterocycles. The predicted molar refractivity (Wildman–Crippen MR) is 67.4 cm³/mol. The van der Waals surface area contributed by atoms with Crippen molar-refractivity contribution in [2.75, 3.05) is 13.1 Å². The Balaban J connectivity index is 2.17. The first-order chi connectivity index (χ1) is 7.68. The van der Waals surface area contributed by atoms with Crippen LogP contribution in [-0.2, 0) is 0 Å². The van der Waals surface area contributed by atoms with Crippen molar-refractivity contribution < 1.29 is 0 Å². The molecule has 88 valence electrons. The smallest absolute Gasteiger partial charge is 0.0604 e. The van der Waals surface area contributed by atoms with Crippen LogP contribution < -0.4 is 0 Å². The summed E-state index contributed by atoms with van der Waals surface area (Å²) in [5, 5.41) is 0. The Morgan fingerprint density at radius 1 is 1.50 bits per heavy atom. The molecule has 1 atom stereocenters. The number of pyridine rings is 1. The van der Waals surface area contributed by atoms with Crippen LogP contribution in [0, 0.1) is 12.8 Å². The highest BCUT2D eigenvalue weighted by atomic mass is 15.2. The SMILES string of the molecule is Cc1cccnc1[C@H]1CCCN1CC(C)C. The molecule has 0 radical (unpaired) electrons. The van der Waals surface area contributed by atoms with Gasteiger partial charge in [0.05, 0.1) is 11.7 Å². The first kappa shape index (κ1) is 11.6. The number of hydrogen-bond acceptors (Lipinski definition) is 2. The quantitative estimate of drug-likeness (QED) is 0.774. The van der Waals surface area contributed by atoms with Crippen LogP contribution in [0.25, 0.3) is 0 Å². The fourth-order valence-electron chi connectivity index (χ4n) is 2.67. The summed E-state index contributed by atoms with van der Waals surface area (Å²) in [6.07, 6.45) is 4.51. The highest BCUT2D eigenvalue weighted by Gasteiger charge is 2.28. The molecule has 1 aromatic heterocycles. The Morgan fingerprint density at radius 3 is 3.00 bits per heavy atom. The average molecular weight is 218 g/mol. The summed E-state index contributed by atoms with van der Waals surface area (Å²) in [5.74, 6) is 0.740. The van der Waals surface area contributed by atoms with E-state index in [-0.39, 0.29) is 0 Å². The molecule has 1 aliphatic rings. The second kappa shape index (κ2) is 4.96. The summed E-state index contributed by atoms with van der Waals surface area (Å²) in [4.78, 5) is 7.17. The van der Waals surface area contributed by atoms with E-state index in [4.69, 9.17) is 0 Å². The van der Waals surface area contributed by atoms with Crippen LogP contribution in [0.1, 0.15) is 44.0 Å². The predicted octanol–water partition coefficient (Wildman–Crippen LogP) is 3.18. The van der Waals surface area contributed by atoms with Crippen LogP contribution in [0.2, 0.25) is 0 Å². The van der Waals surface area contributed by atoms with Gasteiger partial charge in [-0.05, 0) is 43.9 Å². The van der Waals surface area contributed by atoms with Gasteiger partial charge in [-0.2, -0.15) is 0 Å². The van der Waals surface area contributed by atoms with Gasteiger partial charge in [0.25, 0.3) is 0 Å². The number of hydrogen-bond donors (Lipinski definition) is 0. The molecule has 2 rings (SSSR count). The van der Waals surface area contributed by atoms with Crippen molar-refractivity contribution in [2.45, 2.75) is 39.7 Å². The summed E-state index contributed by atoms with van der Waals surface area (Å²) in [7, 11) is 0. The van der Waals surface area contributed by atoms with Gasteiger partial charge in [0.1, 0.15) is 0 Å². The maximum atomic E-state index is 4.58. The van der Waals surface area contributed by atoms with E-state index in [9.17, 15) is 0 Å². The largest absolute Gasteiger partial charge is 0.295 e. The van der Waals surface area contributed by atoms with Crippen LogP contribution in [0.4, 0.5) is 0 Å². The van der Waals surface area contributed by atoms with E-state index >= 15 is 0 Å². The van der Waals surface area contributed by atoms with Gasteiger partial charge in [-0.15, -0.1) is 0 Å². The number of aryl methyl sites for hydroxylation is 1. The summed E-state index contributed by atoms with van der Waals surface area (Å²) in [5.41, 5.74) is 2.63. The summed E-state index contributed by atoms with van der Waals surface area (Å²) in [6.45, 7) is 9.19. The molecular weight excluding hydrogens is 196 g/mol. The van der Waals surface area contributed by atoms with Gasteiger partial charge < -0.3 is 0 Å². The molecule has 0 unspecified atom stereocenters. The summed E-state index contributed by atoms with van der Waals surface area (Å²) >= 11 is 0. The molecule has 0 spiro atoms. The Hall–Kier alpha value is -0.890. The molecule has 16 heavy (non-hydrogen) atoms. The van der Waals surface area contributed by atoms with Crippen molar-refractivity contribution >= 4 is 0 Å². The fourth-order valence-corrected chi connectivity index (χ4v) is 2.67. The van der Waals surface area contributed by atoms with Gasteiger partial charge >= 0.3 is 0 Å². The lowest BCUT2D eigenvalue weighted by Crippen LogP contribution is -2.28. The number of likely N-dealkylation sites (tertiary alicyclic amines) is 1. The van der Waals surface area contributed by atoms with E-state index in [1.54, 1.807) is 0 Å². The molecule has 2 nitrogen and oxygen atoms in total. The van der Waals surface area contributed by atoms with Gasteiger partial charge in [0.2, 0.25) is 0 Å². The lowest BCUT2D eigenvalue weighted by molar-refractivity contribution is 0.225. The molecule has 0 N–H and O–H groups in total. The maximum Gasteiger partial charge on any atom is 0.0604 e. The van der Waals surface area contributed by atoms with Crippen molar-refractivity contribution in [3.63, 3.8) is 0 Å². The van der Waals surface area contributed by atoms with Crippen molar-refractivity contribution in [3.8, 4) is 0 Å². The molecule has 0 saturated carbocycles. The Morgan fingerprint density at radius 2 is 2.31 bits per heavy atom. The minimum absolute atomic E-state index is 0.559. The normalized spacial score (nSPS) is 21.9. The maximum absolute atomic E-state index is 4.58. The van der Waals surface area contributed by atoms with Gasteiger partial charge in [0, 0.05) is 12.7 Å². The van der Waals surface area contributed by atoms with Crippen LogP contribution >= 0.6 is 0 Å². The summed E-state index contributed by atoms with van der Waals surface area (Å²) in [6, 6.07) is 4.76. The van der Waals surface area contributed by atoms with Crippen molar-refractivity contribution in [1.29, 1.82) is 0 Å². The van der Waals surface area contributed by atoms with Crippen molar-refractivity contribution in [2.24, 2.45) is 5.92 Å². The third-order valence-corrected chi connectivity index (χ3v) is 3.33. The van der Waals surface area contributed by atoms with E-state index in [1.807, 2.05) is 12.3 Å². The van der Waals surface area contributed by atoms with E-state index < -0.39 is 0 Å². The molecule has 1 aliphatic heterocycles. The first-order valence-corrected chi connectivity index (χ1v) is 6.34. The Kier molecular flexibility index (Phi) is 3.59. The number of aromatic nitrogens is 1. The molecule has 1 saturated heterocycles. The van der Waals surface area contributed by atoms with E-state index in [2.05, 4.69) is 36.7 Å². The molecule has 0 aromatic carbocycles. The highest BCUT2D eigenvalue weighted by molar-refractivity contribution is 5.22. The zero-order chi connectivity index (χ0) is 11.5. The molecule has 0 aliphatic carbocycles. The summed E-state index contributed by atoms with van der Waals surface area (Å²) < 4.78 is 0. The Labute approximate surface area is 98.7 Å². The van der Waals surface area contributed by atoms with E-state index in [0.29, 0.717) is 6.04 Å². The first-order valence-electron chi connectivity index (χ1n) is 6.34. The van der Waals surface area contributed by atoms with Gasteiger partial charge in [0.15, 0.2) is 0 Å². The molecule has 2 heteroatoms. The van der Waals surface area contributed by atoms with E-state index in [0.717, 1.165) is 5.92 Å². The van der Waals surface area contributed by atoms with Crippen molar-refractivity contribution in [1.82, 2.24) is 9.88 Å².